The number of rotatable bonds is 3. The highest BCUT2D eigenvalue weighted by Gasteiger charge is 2.24. The highest BCUT2D eigenvalue weighted by atomic mass is 35.5. The minimum absolute atomic E-state index is 0. The molecule has 1 fully saturated rings. The van der Waals surface area contributed by atoms with E-state index < -0.39 is 0 Å². The second-order valence-electron chi connectivity index (χ2n) is 3.98. The molecule has 1 aromatic carbocycles. The van der Waals surface area contributed by atoms with Crippen LogP contribution in [0.15, 0.2) is 28.8 Å². The Labute approximate surface area is 111 Å². The van der Waals surface area contributed by atoms with Gasteiger partial charge in [0.05, 0.1) is 13.2 Å². The molecule has 6 heteroatoms. The number of hydrogen-bond acceptors (Lipinski definition) is 5. The van der Waals surface area contributed by atoms with Gasteiger partial charge in [0.25, 0.3) is 0 Å². The topological polar surface area (TPSA) is 60.2 Å². The van der Waals surface area contributed by atoms with Crippen LogP contribution in [0.4, 0.5) is 0 Å². The van der Waals surface area contributed by atoms with Crippen molar-refractivity contribution in [2.75, 3.05) is 13.7 Å². The quantitative estimate of drug-likeness (QED) is 0.924. The van der Waals surface area contributed by atoms with Gasteiger partial charge in [0.2, 0.25) is 11.7 Å². The minimum atomic E-state index is 0. The summed E-state index contributed by atoms with van der Waals surface area (Å²) in [6, 6.07) is 7.83. The summed E-state index contributed by atoms with van der Waals surface area (Å²) in [5, 5.41) is 7.21. The van der Waals surface area contributed by atoms with Crippen molar-refractivity contribution >= 4 is 12.4 Å². The maximum absolute atomic E-state index is 5.22. The number of aromatic nitrogens is 2. The van der Waals surface area contributed by atoms with Crippen molar-refractivity contribution < 1.29 is 9.26 Å². The van der Waals surface area contributed by atoms with Crippen LogP contribution in [-0.4, -0.2) is 23.8 Å². The molecule has 0 aliphatic carbocycles. The molecule has 1 N–H and O–H groups in total. The van der Waals surface area contributed by atoms with Crippen molar-refractivity contribution in [1.82, 2.24) is 15.5 Å². The lowest BCUT2D eigenvalue weighted by atomic mass is 10.1. The van der Waals surface area contributed by atoms with Gasteiger partial charge in [-0.2, -0.15) is 4.98 Å². The molecule has 0 saturated carbocycles. The van der Waals surface area contributed by atoms with E-state index in [1.165, 1.54) is 0 Å². The zero-order chi connectivity index (χ0) is 11.7. The molecule has 1 aliphatic heterocycles. The van der Waals surface area contributed by atoms with Gasteiger partial charge < -0.3 is 14.6 Å². The van der Waals surface area contributed by atoms with Crippen molar-refractivity contribution in [2.45, 2.75) is 12.5 Å². The summed E-state index contributed by atoms with van der Waals surface area (Å²) in [5.41, 5.74) is 0.931. The van der Waals surface area contributed by atoms with Gasteiger partial charge in [-0.1, -0.05) is 5.16 Å². The fourth-order valence-electron chi connectivity index (χ4n) is 1.73. The first kappa shape index (κ1) is 12.9. The summed E-state index contributed by atoms with van der Waals surface area (Å²) in [6.07, 6.45) is 1.06. The van der Waals surface area contributed by atoms with Crippen LogP contribution < -0.4 is 10.1 Å². The smallest absolute Gasteiger partial charge is 0.244 e. The van der Waals surface area contributed by atoms with Gasteiger partial charge in [-0.25, -0.2) is 0 Å². The first-order valence-corrected chi connectivity index (χ1v) is 5.58. The van der Waals surface area contributed by atoms with E-state index in [0.29, 0.717) is 11.7 Å². The van der Waals surface area contributed by atoms with Crippen LogP contribution in [0.3, 0.4) is 0 Å². The van der Waals surface area contributed by atoms with E-state index in [2.05, 4.69) is 15.5 Å². The lowest BCUT2D eigenvalue weighted by Crippen LogP contribution is -2.35. The molecule has 1 aliphatic rings. The standard InChI is InChI=1S/C12H13N3O2.ClH/c1-16-9-4-2-8(3-5-9)11-14-12(17-15-11)10-6-7-13-10;/h2-5,10,13H,6-7H2,1H3;1H/t10-;/m1./s1. The van der Waals surface area contributed by atoms with E-state index >= 15 is 0 Å². The average Bonchev–Trinajstić information content (AvgIpc) is 2.76. The molecule has 0 radical (unpaired) electrons. The van der Waals surface area contributed by atoms with E-state index in [1.54, 1.807) is 7.11 Å². The van der Waals surface area contributed by atoms with Crippen molar-refractivity contribution in [3.63, 3.8) is 0 Å². The molecule has 2 heterocycles. The van der Waals surface area contributed by atoms with E-state index in [0.717, 1.165) is 24.3 Å². The van der Waals surface area contributed by atoms with Gasteiger partial charge in [-0.05, 0) is 37.2 Å². The van der Waals surface area contributed by atoms with E-state index in [4.69, 9.17) is 9.26 Å². The van der Waals surface area contributed by atoms with Gasteiger partial charge in [0.15, 0.2) is 0 Å². The Kier molecular flexibility index (Phi) is 3.84. The molecule has 1 atom stereocenters. The molecule has 0 bridgehead atoms. The Bertz CT molecular complexity index is 508. The number of methoxy groups -OCH3 is 1. The van der Waals surface area contributed by atoms with Crippen LogP contribution in [0.5, 0.6) is 5.75 Å². The Balaban J connectivity index is 0.00000120. The molecule has 18 heavy (non-hydrogen) atoms. The molecular formula is C12H14ClN3O2. The largest absolute Gasteiger partial charge is 0.497 e. The number of hydrogen-bond donors (Lipinski definition) is 1. The third-order valence-corrected chi connectivity index (χ3v) is 2.91. The molecule has 2 aromatic rings. The summed E-state index contributed by atoms with van der Waals surface area (Å²) >= 11 is 0. The SMILES string of the molecule is COc1ccc(-c2noc([C@H]3CCN3)n2)cc1.Cl. The molecule has 1 aromatic heterocycles. The summed E-state index contributed by atoms with van der Waals surface area (Å²) in [6.45, 7) is 1.02. The number of halogens is 1. The number of benzene rings is 1. The van der Waals surface area contributed by atoms with Gasteiger partial charge >= 0.3 is 0 Å². The van der Waals surface area contributed by atoms with Gasteiger partial charge in [-0.15, -0.1) is 12.4 Å². The highest BCUT2D eigenvalue weighted by molar-refractivity contribution is 5.85. The number of nitrogens with zero attached hydrogens (tertiary/aromatic N) is 2. The fraction of sp³-hybridized carbons (Fsp3) is 0.333. The Morgan fingerprint density at radius 2 is 2.06 bits per heavy atom. The monoisotopic (exact) mass is 267 g/mol. The lowest BCUT2D eigenvalue weighted by Gasteiger charge is -2.23. The zero-order valence-corrected chi connectivity index (χ0v) is 10.7. The van der Waals surface area contributed by atoms with Gasteiger partial charge in [0.1, 0.15) is 5.75 Å². The fourth-order valence-corrected chi connectivity index (χ4v) is 1.73. The molecule has 0 spiro atoms. The highest BCUT2D eigenvalue weighted by Crippen LogP contribution is 2.25. The van der Waals surface area contributed by atoms with Crippen LogP contribution >= 0.6 is 12.4 Å². The Hall–Kier alpha value is -1.59. The molecule has 3 rings (SSSR count). The predicted octanol–water partition coefficient (Wildman–Crippen LogP) is 2.20. The number of ether oxygens (including phenoxy) is 1. The third-order valence-electron chi connectivity index (χ3n) is 2.91. The van der Waals surface area contributed by atoms with Crippen molar-refractivity contribution in [2.24, 2.45) is 0 Å². The molecule has 0 unspecified atom stereocenters. The summed E-state index contributed by atoms with van der Waals surface area (Å²) in [4.78, 5) is 4.38. The van der Waals surface area contributed by atoms with Crippen molar-refractivity contribution in [3.05, 3.63) is 30.2 Å². The zero-order valence-electron chi connectivity index (χ0n) is 9.92. The molecule has 5 nitrogen and oxygen atoms in total. The van der Waals surface area contributed by atoms with Crippen LogP contribution in [0.2, 0.25) is 0 Å². The lowest BCUT2D eigenvalue weighted by molar-refractivity contribution is 0.273. The number of nitrogens with one attached hydrogen (secondary N) is 1. The average molecular weight is 268 g/mol. The van der Waals surface area contributed by atoms with Crippen LogP contribution in [-0.2, 0) is 0 Å². The van der Waals surface area contributed by atoms with E-state index in [1.807, 2.05) is 24.3 Å². The second-order valence-corrected chi connectivity index (χ2v) is 3.98. The van der Waals surface area contributed by atoms with Crippen molar-refractivity contribution in [1.29, 1.82) is 0 Å². The van der Waals surface area contributed by atoms with Crippen LogP contribution in [0.1, 0.15) is 18.4 Å². The van der Waals surface area contributed by atoms with Crippen LogP contribution in [0.25, 0.3) is 11.4 Å². The maximum atomic E-state index is 5.22. The Morgan fingerprint density at radius 1 is 1.33 bits per heavy atom. The minimum Gasteiger partial charge on any atom is -0.497 e. The summed E-state index contributed by atoms with van der Waals surface area (Å²) < 4.78 is 10.3. The van der Waals surface area contributed by atoms with E-state index in [9.17, 15) is 0 Å². The van der Waals surface area contributed by atoms with Crippen molar-refractivity contribution in [3.8, 4) is 17.1 Å². The molecular weight excluding hydrogens is 254 g/mol. The normalized spacial score (nSPS) is 17.7. The first-order chi connectivity index (χ1) is 8.36. The van der Waals surface area contributed by atoms with E-state index in [-0.39, 0.29) is 18.4 Å². The van der Waals surface area contributed by atoms with Crippen LogP contribution in [0, 0.1) is 0 Å². The summed E-state index contributed by atoms with van der Waals surface area (Å²) in [7, 11) is 1.64. The van der Waals surface area contributed by atoms with Gasteiger partial charge in [0, 0.05) is 5.56 Å². The van der Waals surface area contributed by atoms with Gasteiger partial charge in [-0.3, -0.25) is 0 Å². The Morgan fingerprint density at radius 3 is 2.61 bits per heavy atom. The second kappa shape index (κ2) is 5.37. The first-order valence-electron chi connectivity index (χ1n) is 5.58. The maximum Gasteiger partial charge on any atom is 0.244 e. The molecule has 96 valence electrons. The summed E-state index contributed by atoms with van der Waals surface area (Å²) in [5.74, 6) is 2.11. The molecule has 1 saturated heterocycles. The molecule has 0 amide bonds. The predicted molar refractivity (Wildman–Crippen MR) is 68.9 cm³/mol. The third kappa shape index (κ3) is 2.32.